The fourth-order valence-corrected chi connectivity index (χ4v) is 3.70. The third kappa shape index (κ3) is 3.22. The summed E-state index contributed by atoms with van der Waals surface area (Å²) in [5.41, 5.74) is 4.95. The third-order valence-corrected chi connectivity index (χ3v) is 5.04. The quantitative estimate of drug-likeness (QED) is 0.698. The molecule has 0 fully saturated rings. The fourth-order valence-electron chi connectivity index (χ4n) is 3.70. The van der Waals surface area contributed by atoms with Crippen molar-refractivity contribution in [2.45, 2.75) is 33.7 Å². The molecule has 6 nitrogen and oxygen atoms in total. The molecule has 0 unspecified atom stereocenters. The molecule has 0 bridgehead atoms. The van der Waals surface area contributed by atoms with E-state index in [2.05, 4.69) is 16.3 Å². The number of fused-ring (bicyclic) bond motifs is 2. The lowest BCUT2D eigenvalue weighted by atomic mass is 9.99. The van der Waals surface area contributed by atoms with Crippen molar-refractivity contribution in [2.75, 3.05) is 16.9 Å². The van der Waals surface area contributed by atoms with Gasteiger partial charge in [-0.3, -0.25) is 4.79 Å². The Morgan fingerprint density at radius 1 is 1.21 bits per heavy atom. The van der Waals surface area contributed by atoms with Gasteiger partial charge in [-0.15, -0.1) is 0 Å². The van der Waals surface area contributed by atoms with Crippen molar-refractivity contribution in [1.82, 2.24) is 0 Å². The van der Waals surface area contributed by atoms with Gasteiger partial charge < -0.3 is 19.4 Å². The van der Waals surface area contributed by atoms with Gasteiger partial charge in [0.1, 0.15) is 11.3 Å². The highest BCUT2D eigenvalue weighted by Gasteiger charge is 2.23. The molecule has 2 heterocycles. The van der Waals surface area contributed by atoms with Crippen molar-refractivity contribution in [3.63, 3.8) is 0 Å². The molecule has 1 N–H and O–H groups in total. The highest BCUT2D eigenvalue weighted by atomic mass is 16.5. The lowest BCUT2D eigenvalue weighted by Gasteiger charge is -2.32. The Labute approximate surface area is 162 Å². The number of nitrogens with one attached hydrogen (secondary N) is 1. The van der Waals surface area contributed by atoms with Crippen LogP contribution in [0.1, 0.15) is 30.5 Å². The second kappa shape index (κ2) is 7.03. The van der Waals surface area contributed by atoms with E-state index in [1.165, 1.54) is 6.92 Å². The van der Waals surface area contributed by atoms with E-state index in [1.807, 2.05) is 38.1 Å². The number of anilines is 2. The monoisotopic (exact) mass is 378 g/mol. The predicted molar refractivity (Wildman–Crippen MR) is 109 cm³/mol. The van der Waals surface area contributed by atoms with Crippen molar-refractivity contribution >= 4 is 28.3 Å². The first-order valence-electron chi connectivity index (χ1n) is 9.31. The minimum Gasteiger partial charge on any atom is -0.472 e. The largest absolute Gasteiger partial charge is 0.472 e. The first-order chi connectivity index (χ1) is 13.5. The molecule has 1 aliphatic rings. The Kier molecular flexibility index (Phi) is 4.55. The second-order valence-electron chi connectivity index (χ2n) is 7.01. The smallest absolute Gasteiger partial charge is 0.336 e. The number of rotatable bonds is 3. The van der Waals surface area contributed by atoms with Gasteiger partial charge in [-0.2, -0.15) is 0 Å². The average molecular weight is 378 g/mol. The molecule has 0 aliphatic carbocycles. The lowest BCUT2D eigenvalue weighted by molar-refractivity contribution is -0.114. The van der Waals surface area contributed by atoms with Crippen LogP contribution < -0.4 is 20.6 Å². The number of ether oxygens (including phenoxy) is 1. The first kappa shape index (κ1) is 18.1. The zero-order valence-corrected chi connectivity index (χ0v) is 16.2. The molecule has 1 aromatic heterocycles. The third-order valence-electron chi connectivity index (χ3n) is 5.04. The molecule has 4 rings (SSSR count). The van der Waals surface area contributed by atoms with E-state index < -0.39 is 0 Å². The van der Waals surface area contributed by atoms with Crippen LogP contribution in [0, 0.1) is 6.92 Å². The van der Waals surface area contributed by atoms with Gasteiger partial charge in [0.15, 0.2) is 6.73 Å². The Balaban J connectivity index is 1.70. The van der Waals surface area contributed by atoms with Gasteiger partial charge in [0.2, 0.25) is 5.91 Å². The van der Waals surface area contributed by atoms with Gasteiger partial charge in [-0.05, 0) is 49.2 Å². The summed E-state index contributed by atoms with van der Waals surface area (Å²) in [6.07, 6.45) is 0.759. The van der Waals surface area contributed by atoms with Gasteiger partial charge in [-0.25, -0.2) is 4.79 Å². The van der Waals surface area contributed by atoms with Crippen LogP contribution in [0.15, 0.2) is 45.6 Å². The Hall–Kier alpha value is -3.28. The van der Waals surface area contributed by atoms with Crippen LogP contribution in [-0.2, 0) is 17.8 Å². The highest BCUT2D eigenvalue weighted by molar-refractivity contribution is 5.89. The number of carbonyl (C=O) groups is 1. The molecule has 0 atom stereocenters. The lowest BCUT2D eigenvalue weighted by Crippen LogP contribution is -2.32. The van der Waals surface area contributed by atoms with Crippen LogP contribution in [-0.4, -0.2) is 12.6 Å². The van der Waals surface area contributed by atoms with Crippen molar-refractivity contribution in [3.8, 4) is 5.75 Å². The van der Waals surface area contributed by atoms with E-state index in [1.54, 1.807) is 6.07 Å². The number of carbonyl (C=O) groups excluding carboxylic acids is 1. The van der Waals surface area contributed by atoms with E-state index in [0.29, 0.717) is 18.9 Å². The van der Waals surface area contributed by atoms with E-state index in [4.69, 9.17) is 9.15 Å². The Bertz CT molecular complexity index is 1120. The van der Waals surface area contributed by atoms with Crippen molar-refractivity contribution in [3.05, 3.63) is 63.5 Å². The first-order valence-corrected chi connectivity index (χ1v) is 9.31. The van der Waals surface area contributed by atoms with Crippen molar-refractivity contribution in [2.24, 2.45) is 0 Å². The molecule has 6 heteroatoms. The van der Waals surface area contributed by atoms with Gasteiger partial charge in [-0.1, -0.05) is 6.92 Å². The van der Waals surface area contributed by atoms with E-state index in [-0.39, 0.29) is 11.5 Å². The molecule has 1 amide bonds. The fraction of sp³-hybridized carbons (Fsp3) is 0.273. The van der Waals surface area contributed by atoms with Crippen molar-refractivity contribution in [1.29, 1.82) is 0 Å². The maximum absolute atomic E-state index is 11.9. The molecule has 0 radical (unpaired) electrons. The molecule has 1 aliphatic heterocycles. The van der Waals surface area contributed by atoms with E-state index in [9.17, 15) is 9.59 Å². The molecule has 0 saturated carbocycles. The van der Waals surface area contributed by atoms with Crippen LogP contribution in [0.2, 0.25) is 0 Å². The molecule has 3 aromatic rings. The molecule has 2 aromatic carbocycles. The van der Waals surface area contributed by atoms with Crippen LogP contribution in [0.5, 0.6) is 5.75 Å². The predicted octanol–water partition coefficient (Wildman–Crippen LogP) is 3.98. The zero-order valence-electron chi connectivity index (χ0n) is 16.2. The number of benzene rings is 2. The Morgan fingerprint density at radius 2 is 1.96 bits per heavy atom. The normalized spacial score (nSPS) is 13.2. The topological polar surface area (TPSA) is 71.8 Å². The summed E-state index contributed by atoms with van der Waals surface area (Å²) in [4.78, 5) is 25.2. The summed E-state index contributed by atoms with van der Waals surface area (Å²) in [7, 11) is 0. The van der Waals surface area contributed by atoms with Gasteiger partial charge in [0.05, 0.1) is 0 Å². The van der Waals surface area contributed by atoms with Crippen molar-refractivity contribution < 1.29 is 13.9 Å². The van der Waals surface area contributed by atoms with Gasteiger partial charge in [0, 0.05) is 47.4 Å². The summed E-state index contributed by atoms with van der Waals surface area (Å²) in [5.74, 6) is 0.693. The van der Waals surface area contributed by atoms with Crippen LogP contribution >= 0.6 is 0 Å². The van der Waals surface area contributed by atoms with Gasteiger partial charge in [0.25, 0.3) is 0 Å². The summed E-state index contributed by atoms with van der Waals surface area (Å²) in [6.45, 7) is 6.54. The summed E-state index contributed by atoms with van der Waals surface area (Å²) in [5, 5.41) is 3.73. The van der Waals surface area contributed by atoms with E-state index >= 15 is 0 Å². The SMILES string of the molecule is CCc1cc(=O)oc2c(C)c3c(cc12)CN(c1ccc(NC(C)=O)cc1)CO3. The molecule has 28 heavy (non-hydrogen) atoms. The highest BCUT2D eigenvalue weighted by Crippen LogP contribution is 2.37. The number of nitrogens with zero attached hydrogens (tertiary/aromatic N) is 1. The maximum Gasteiger partial charge on any atom is 0.336 e. The number of aryl methyl sites for hydroxylation is 2. The summed E-state index contributed by atoms with van der Waals surface area (Å²) in [6, 6.07) is 11.3. The zero-order chi connectivity index (χ0) is 19.8. The standard InChI is InChI=1S/C22H22N2O4/c1-4-15-10-20(26)28-22-13(2)21-16(9-19(15)22)11-24(12-27-21)18-7-5-17(6-8-18)23-14(3)25/h5-10H,4,11-12H2,1-3H3,(H,23,25). The minimum absolute atomic E-state index is 0.0938. The molecular formula is C22H22N2O4. The summed E-state index contributed by atoms with van der Waals surface area (Å²) < 4.78 is 11.5. The van der Waals surface area contributed by atoms with Gasteiger partial charge >= 0.3 is 5.63 Å². The average Bonchev–Trinajstić information content (AvgIpc) is 2.68. The van der Waals surface area contributed by atoms with Crippen LogP contribution in [0.4, 0.5) is 11.4 Å². The second-order valence-corrected chi connectivity index (χ2v) is 7.01. The van der Waals surface area contributed by atoms with Crippen LogP contribution in [0.25, 0.3) is 11.0 Å². The maximum atomic E-state index is 11.9. The molecule has 0 saturated heterocycles. The molecule has 144 valence electrons. The Morgan fingerprint density at radius 3 is 2.64 bits per heavy atom. The molecular weight excluding hydrogens is 356 g/mol. The van der Waals surface area contributed by atoms with Crippen LogP contribution in [0.3, 0.4) is 0 Å². The molecule has 0 spiro atoms. The minimum atomic E-state index is -0.330. The number of hydrogen-bond donors (Lipinski definition) is 1. The summed E-state index contributed by atoms with van der Waals surface area (Å²) >= 11 is 0. The number of hydrogen-bond acceptors (Lipinski definition) is 5. The van der Waals surface area contributed by atoms with E-state index in [0.717, 1.165) is 45.6 Å². The number of amides is 1.